The molecule has 1 heterocycles. The van der Waals surface area contributed by atoms with Gasteiger partial charge in [-0.15, -0.1) is 0 Å². The standard InChI is InChI=1S/C11H21N3/c1-11(2,6-7-12)5-4-10-13-8-9-14(10)3/h8-9H,4-7,12H2,1-3H3. The predicted molar refractivity (Wildman–Crippen MR) is 59.0 cm³/mol. The number of hydrogen-bond donors (Lipinski definition) is 1. The second kappa shape index (κ2) is 4.60. The van der Waals surface area contributed by atoms with Crippen LogP contribution in [-0.2, 0) is 13.5 Å². The fourth-order valence-corrected chi connectivity index (χ4v) is 1.60. The molecule has 2 N–H and O–H groups in total. The Morgan fingerprint density at radius 1 is 1.43 bits per heavy atom. The van der Waals surface area contributed by atoms with Gasteiger partial charge in [0.2, 0.25) is 0 Å². The van der Waals surface area contributed by atoms with E-state index in [1.165, 1.54) is 0 Å². The first-order valence-electron chi connectivity index (χ1n) is 5.21. The smallest absolute Gasteiger partial charge is 0.108 e. The molecule has 0 aliphatic heterocycles. The Hall–Kier alpha value is -0.830. The molecule has 0 saturated carbocycles. The van der Waals surface area contributed by atoms with Gasteiger partial charge in [-0.2, -0.15) is 0 Å². The van der Waals surface area contributed by atoms with E-state index in [4.69, 9.17) is 5.73 Å². The van der Waals surface area contributed by atoms with Gasteiger partial charge in [-0.25, -0.2) is 4.98 Å². The Morgan fingerprint density at radius 3 is 2.64 bits per heavy atom. The summed E-state index contributed by atoms with van der Waals surface area (Å²) in [6, 6.07) is 0. The van der Waals surface area contributed by atoms with E-state index >= 15 is 0 Å². The van der Waals surface area contributed by atoms with Gasteiger partial charge in [0.05, 0.1) is 0 Å². The lowest BCUT2D eigenvalue weighted by Gasteiger charge is -2.23. The van der Waals surface area contributed by atoms with Gasteiger partial charge in [0.25, 0.3) is 0 Å². The van der Waals surface area contributed by atoms with Crippen LogP contribution < -0.4 is 5.73 Å². The predicted octanol–water partition coefficient (Wildman–Crippen LogP) is 1.73. The van der Waals surface area contributed by atoms with E-state index in [0.29, 0.717) is 5.41 Å². The normalized spacial score (nSPS) is 12.0. The van der Waals surface area contributed by atoms with E-state index in [1.54, 1.807) is 0 Å². The first-order valence-corrected chi connectivity index (χ1v) is 5.21. The molecular formula is C11H21N3. The van der Waals surface area contributed by atoms with E-state index in [2.05, 4.69) is 23.4 Å². The Morgan fingerprint density at radius 2 is 2.14 bits per heavy atom. The van der Waals surface area contributed by atoms with E-state index in [9.17, 15) is 0 Å². The first kappa shape index (κ1) is 11.2. The van der Waals surface area contributed by atoms with Gasteiger partial charge >= 0.3 is 0 Å². The third-order valence-electron chi connectivity index (χ3n) is 2.77. The van der Waals surface area contributed by atoms with Crippen molar-refractivity contribution in [1.82, 2.24) is 9.55 Å². The lowest BCUT2D eigenvalue weighted by Crippen LogP contribution is -2.18. The summed E-state index contributed by atoms with van der Waals surface area (Å²) in [7, 11) is 2.04. The average molecular weight is 195 g/mol. The van der Waals surface area contributed by atoms with E-state index in [1.807, 2.05) is 19.4 Å². The van der Waals surface area contributed by atoms with Gasteiger partial charge in [0.15, 0.2) is 0 Å². The highest BCUT2D eigenvalue weighted by molar-refractivity contribution is 4.92. The molecule has 0 unspecified atom stereocenters. The van der Waals surface area contributed by atoms with Gasteiger partial charge in [-0.3, -0.25) is 0 Å². The summed E-state index contributed by atoms with van der Waals surface area (Å²) in [4.78, 5) is 4.31. The van der Waals surface area contributed by atoms with Crippen LogP contribution in [0.4, 0.5) is 0 Å². The minimum Gasteiger partial charge on any atom is -0.338 e. The van der Waals surface area contributed by atoms with Crippen molar-refractivity contribution in [1.29, 1.82) is 0 Å². The van der Waals surface area contributed by atoms with E-state index in [-0.39, 0.29) is 0 Å². The minimum absolute atomic E-state index is 0.334. The fraction of sp³-hybridized carbons (Fsp3) is 0.727. The maximum absolute atomic E-state index is 5.57. The zero-order chi connectivity index (χ0) is 10.6. The highest BCUT2D eigenvalue weighted by Gasteiger charge is 2.17. The number of aromatic nitrogens is 2. The monoisotopic (exact) mass is 195 g/mol. The summed E-state index contributed by atoms with van der Waals surface area (Å²) >= 11 is 0. The van der Waals surface area contributed by atoms with Crippen molar-refractivity contribution in [3.05, 3.63) is 18.2 Å². The third-order valence-corrected chi connectivity index (χ3v) is 2.77. The number of rotatable bonds is 5. The van der Waals surface area contributed by atoms with Crippen LogP contribution in [0.5, 0.6) is 0 Å². The minimum atomic E-state index is 0.334. The third kappa shape index (κ3) is 3.14. The van der Waals surface area contributed by atoms with Gasteiger partial charge in [0.1, 0.15) is 5.82 Å². The molecule has 0 saturated heterocycles. The Kier molecular flexibility index (Phi) is 3.69. The Bertz CT molecular complexity index is 276. The van der Waals surface area contributed by atoms with Gasteiger partial charge in [0, 0.05) is 25.9 Å². The van der Waals surface area contributed by atoms with Gasteiger partial charge < -0.3 is 10.3 Å². The van der Waals surface area contributed by atoms with Crippen LogP contribution in [0.15, 0.2) is 12.4 Å². The molecule has 0 radical (unpaired) electrons. The zero-order valence-corrected chi connectivity index (χ0v) is 9.45. The fourth-order valence-electron chi connectivity index (χ4n) is 1.60. The van der Waals surface area contributed by atoms with E-state index in [0.717, 1.165) is 31.6 Å². The second-order valence-electron chi connectivity index (χ2n) is 4.66. The molecule has 0 aliphatic rings. The van der Waals surface area contributed by atoms with Crippen molar-refractivity contribution in [2.75, 3.05) is 6.54 Å². The lowest BCUT2D eigenvalue weighted by molar-refractivity contribution is 0.310. The number of nitrogens with two attached hydrogens (primary N) is 1. The molecule has 0 spiro atoms. The molecule has 14 heavy (non-hydrogen) atoms. The summed E-state index contributed by atoms with van der Waals surface area (Å²) in [5, 5.41) is 0. The van der Waals surface area contributed by atoms with Crippen LogP contribution in [0.1, 0.15) is 32.5 Å². The molecule has 0 aromatic carbocycles. The molecule has 3 heteroatoms. The van der Waals surface area contributed by atoms with Crippen molar-refractivity contribution in [2.24, 2.45) is 18.2 Å². The van der Waals surface area contributed by atoms with Gasteiger partial charge in [-0.1, -0.05) is 13.8 Å². The van der Waals surface area contributed by atoms with Crippen LogP contribution in [0.3, 0.4) is 0 Å². The van der Waals surface area contributed by atoms with Crippen molar-refractivity contribution in [2.45, 2.75) is 33.1 Å². The molecule has 3 nitrogen and oxygen atoms in total. The van der Waals surface area contributed by atoms with E-state index < -0.39 is 0 Å². The Balaban J connectivity index is 2.44. The summed E-state index contributed by atoms with van der Waals surface area (Å²) in [6.07, 6.45) is 7.11. The quantitative estimate of drug-likeness (QED) is 0.777. The number of hydrogen-bond acceptors (Lipinski definition) is 2. The van der Waals surface area contributed by atoms with Crippen LogP contribution >= 0.6 is 0 Å². The number of imidazole rings is 1. The zero-order valence-electron chi connectivity index (χ0n) is 9.45. The topological polar surface area (TPSA) is 43.8 Å². The lowest BCUT2D eigenvalue weighted by atomic mass is 9.84. The second-order valence-corrected chi connectivity index (χ2v) is 4.66. The number of aryl methyl sites for hydroxylation is 2. The van der Waals surface area contributed by atoms with Crippen molar-refractivity contribution in [3.63, 3.8) is 0 Å². The molecule has 0 aliphatic carbocycles. The van der Waals surface area contributed by atoms with Crippen molar-refractivity contribution >= 4 is 0 Å². The van der Waals surface area contributed by atoms with Crippen LogP contribution in [-0.4, -0.2) is 16.1 Å². The first-order chi connectivity index (χ1) is 6.55. The average Bonchev–Trinajstić information content (AvgIpc) is 2.48. The largest absolute Gasteiger partial charge is 0.338 e. The molecule has 0 atom stereocenters. The molecule has 0 fully saturated rings. The summed E-state index contributed by atoms with van der Waals surface area (Å²) in [5.74, 6) is 1.16. The maximum Gasteiger partial charge on any atom is 0.108 e. The van der Waals surface area contributed by atoms with Crippen molar-refractivity contribution in [3.8, 4) is 0 Å². The molecule has 0 amide bonds. The van der Waals surface area contributed by atoms with Crippen LogP contribution in [0.2, 0.25) is 0 Å². The molecule has 80 valence electrons. The summed E-state index contributed by atoms with van der Waals surface area (Å²) in [5.41, 5.74) is 5.91. The number of nitrogens with zero attached hydrogens (tertiary/aromatic N) is 2. The summed E-state index contributed by atoms with van der Waals surface area (Å²) in [6.45, 7) is 5.30. The molecule has 1 aromatic heterocycles. The molecule has 1 aromatic rings. The highest BCUT2D eigenvalue weighted by atomic mass is 15.0. The molecule has 0 bridgehead atoms. The van der Waals surface area contributed by atoms with Gasteiger partial charge in [-0.05, 0) is 24.8 Å². The highest BCUT2D eigenvalue weighted by Crippen LogP contribution is 2.25. The van der Waals surface area contributed by atoms with Crippen LogP contribution in [0.25, 0.3) is 0 Å². The Labute approximate surface area is 86.3 Å². The van der Waals surface area contributed by atoms with Crippen LogP contribution in [0, 0.1) is 5.41 Å². The maximum atomic E-state index is 5.57. The molecule has 1 rings (SSSR count). The SMILES string of the molecule is Cn1ccnc1CCC(C)(C)CCN. The summed E-state index contributed by atoms with van der Waals surface area (Å²) < 4.78 is 2.08. The molecular weight excluding hydrogens is 174 g/mol. The van der Waals surface area contributed by atoms with Crippen molar-refractivity contribution < 1.29 is 0 Å².